The Morgan fingerprint density at radius 1 is 1.15 bits per heavy atom. The minimum absolute atomic E-state index is 0.0534. The number of carbonyl (C=O) groups excluding carboxylic acids is 2. The first-order valence-electron chi connectivity index (χ1n) is 13.5. The van der Waals surface area contributed by atoms with Crippen molar-refractivity contribution >= 4 is 11.9 Å². The molecular weight excluding hydrogens is 492 g/mol. The number of ether oxygens (including phenoxy) is 2. The van der Waals surface area contributed by atoms with Crippen LogP contribution in [0.25, 0.3) is 0 Å². The van der Waals surface area contributed by atoms with E-state index >= 15 is 0 Å². The Morgan fingerprint density at radius 3 is 2.41 bits per heavy atom. The Bertz CT molecular complexity index is 1340. The van der Waals surface area contributed by atoms with Crippen LogP contribution in [-0.4, -0.2) is 47.7 Å². The van der Waals surface area contributed by atoms with Gasteiger partial charge in [-0.05, 0) is 89.9 Å². The van der Waals surface area contributed by atoms with E-state index < -0.39 is 24.0 Å². The first-order valence-corrected chi connectivity index (χ1v) is 13.5. The summed E-state index contributed by atoms with van der Waals surface area (Å²) in [6, 6.07) is 10.9. The minimum Gasteiger partial charge on any atom is -0.508 e. The van der Waals surface area contributed by atoms with E-state index in [2.05, 4.69) is 50.0 Å². The van der Waals surface area contributed by atoms with E-state index in [1.807, 2.05) is 27.0 Å². The molecule has 2 aromatic rings. The van der Waals surface area contributed by atoms with Crippen molar-refractivity contribution in [3.8, 4) is 5.75 Å². The number of phenols is 1. The summed E-state index contributed by atoms with van der Waals surface area (Å²) in [5.41, 5.74) is 6.91. The van der Waals surface area contributed by atoms with Gasteiger partial charge in [0, 0.05) is 29.9 Å². The van der Waals surface area contributed by atoms with Gasteiger partial charge in [-0.1, -0.05) is 29.8 Å². The van der Waals surface area contributed by atoms with E-state index in [9.17, 15) is 14.7 Å². The molecule has 0 saturated heterocycles. The number of cyclic esters (lactones) is 1. The highest BCUT2D eigenvalue weighted by molar-refractivity contribution is 6.00. The molecule has 2 unspecified atom stereocenters. The summed E-state index contributed by atoms with van der Waals surface area (Å²) in [5.74, 6) is -1.67. The van der Waals surface area contributed by atoms with Crippen LogP contribution >= 0.6 is 0 Å². The second kappa shape index (κ2) is 10.9. The van der Waals surface area contributed by atoms with E-state index in [0.29, 0.717) is 35.4 Å². The van der Waals surface area contributed by atoms with Crippen LogP contribution in [-0.2, 0) is 19.1 Å². The normalized spacial score (nSPS) is 19.6. The summed E-state index contributed by atoms with van der Waals surface area (Å²) in [6.45, 7) is 14.8. The van der Waals surface area contributed by atoms with Crippen molar-refractivity contribution in [2.24, 2.45) is 0 Å². The monoisotopic (exact) mass is 532 g/mol. The van der Waals surface area contributed by atoms with Crippen LogP contribution < -0.4 is 5.32 Å². The highest BCUT2D eigenvalue weighted by atomic mass is 16.5. The number of rotatable bonds is 6. The number of dihydropyridines is 1. The summed E-state index contributed by atoms with van der Waals surface area (Å²) in [5, 5.41) is 13.8. The highest BCUT2D eigenvalue weighted by Crippen LogP contribution is 2.46. The highest BCUT2D eigenvalue weighted by Gasteiger charge is 2.44. The molecule has 2 aromatic carbocycles. The van der Waals surface area contributed by atoms with Crippen molar-refractivity contribution in [3.63, 3.8) is 0 Å². The quantitative estimate of drug-likeness (QED) is 0.476. The Morgan fingerprint density at radius 2 is 1.82 bits per heavy atom. The zero-order chi connectivity index (χ0) is 28.6. The smallest absolute Gasteiger partial charge is 0.337 e. The Hall–Kier alpha value is -3.58. The molecule has 0 amide bonds. The zero-order valence-electron chi connectivity index (χ0n) is 24.3. The molecule has 0 radical (unpaired) electrons. The van der Waals surface area contributed by atoms with Crippen molar-refractivity contribution < 1.29 is 24.2 Å². The topological polar surface area (TPSA) is 88.1 Å². The van der Waals surface area contributed by atoms with Gasteiger partial charge in [-0.15, -0.1) is 0 Å². The van der Waals surface area contributed by atoms with Crippen LogP contribution in [0.5, 0.6) is 5.75 Å². The van der Waals surface area contributed by atoms with Gasteiger partial charge in [0.15, 0.2) is 0 Å². The molecule has 39 heavy (non-hydrogen) atoms. The van der Waals surface area contributed by atoms with Crippen molar-refractivity contribution in [2.45, 2.75) is 72.4 Å². The summed E-state index contributed by atoms with van der Waals surface area (Å²) in [7, 11) is 2.00. The molecule has 2 aliphatic heterocycles. The van der Waals surface area contributed by atoms with Gasteiger partial charge in [-0.3, -0.25) is 4.90 Å². The largest absolute Gasteiger partial charge is 0.508 e. The number of nitrogens with zero attached hydrogens (tertiary/aromatic N) is 1. The molecule has 0 aliphatic carbocycles. The molecule has 2 atom stereocenters. The Balaban J connectivity index is 1.89. The maximum Gasteiger partial charge on any atom is 0.337 e. The van der Waals surface area contributed by atoms with Crippen molar-refractivity contribution in [2.75, 3.05) is 20.2 Å². The molecule has 7 heteroatoms. The summed E-state index contributed by atoms with van der Waals surface area (Å²) < 4.78 is 11.6. The Kier molecular flexibility index (Phi) is 7.94. The molecule has 4 rings (SSSR count). The number of phenolic OH excluding ortho intramolecular Hbond substituents is 1. The summed E-state index contributed by atoms with van der Waals surface area (Å²) >= 11 is 0. The van der Waals surface area contributed by atoms with Gasteiger partial charge in [0.05, 0.1) is 23.7 Å². The number of likely N-dealkylation sites (N-methyl/N-ethyl adjacent to an activating group) is 1. The molecule has 2 N–H and O–H groups in total. The first-order chi connectivity index (χ1) is 18.3. The number of nitrogens with one attached hydrogen (secondary N) is 1. The van der Waals surface area contributed by atoms with Crippen LogP contribution in [0.1, 0.15) is 74.0 Å². The fourth-order valence-corrected chi connectivity index (χ4v) is 5.58. The SMILES string of the molecule is CCOC(=O)C1=C(CN(C)C(C)(C)C)NC2=C(C(=O)OC(c3c(C)cc(C)cc3C)C2)C1c1cccc(O)c1. The molecule has 0 saturated carbocycles. The summed E-state index contributed by atoms with van der Waals surface area (Å²) in [6.07, 6.45) is -0.0140. The number of carbonyl (C=O) groups is 2. The number of benzene rings is 2. The fourth-order valence-electron chi connectivity index (χ4n) is 5.58. The third-order valence-corrected chi connectivity index (χ3v) is 7.69. The molecule has 208 valence electrons. The molecule has 0 aromatic heterocycles. The molecule has 0 fully saturated rings. The van der Waals surface area contributed by atoms with Gasteiger partial charge in [-0.25, -0.2) is 9.59 Å². The van der Waals surface area contributed by atoms with Gasteiger partial charge in [-0.2, -0.15) is 0 Å². The van der Waals surface area contributed by atoms with Gasteiger partial charge in [0.1, 0.15) is 11.9 Å². The third kappa shape index (κ3) is 5.74. The predicted molar refractivity (Wildman–Crippen MR) is 151 cm³/mol. The maximum atomic E-state index is 13.8. The molecular formula is C32H40N2O5. The van der Waals surface area contributed by atoms with Crippen LogP contribution in [0, 0.1) is 20.8 Å². The lowest BCUT2D eigenvalue weighted by molar-refractivity contribution is -0.147. The van der Waals surface area contributed by atoms with Crippen molar-refractivity contribution in [1.82, 2.24) is 10.2 Å². The second-order valence-electron chi connectivity index (χ2n) is 11.6. The van der Waals surface area contributed by atoms with E-state index in [-0.39, 0.29) is 17.9 Å². The average Bonchev–Trinajstić information content (AvgIpc) is 2.82. The third-order valence-electron chi connectivity index (χ3n) is 7.69. The number of aryl methyl sites for hydroxylation is 3. The van der Waals surface area contributed by atoms with Crippen LogP contribution in [0.15, 0.2) is 58.9 Å². The lowest BCUT2D eigenvalue weighted by atomic mass is 9.77. The number of hydrogen-bond acceptors (Lipinski definition) is 7. The number of hydrogen-bond donors (Lipinski definition) is 2. The van der Waals surface area contributed by atoms with Crippen molar-refractivity contribution in [1.29, 1.82) is 0 Å². The number of aromatic hydroxyl groups is 1. The summed E-state index contributed by atoms with van der Waals surface area (Å²) in [4.78, 5) is 29.5. The van der Waals surface area contributed by atoms with E-state index in [1.54, 1.807) is 25.1 Å². The van der Waals surface area contributed by atoms with Gasteiger partial charge >= 0.3 is 11.9 Å². The van der Waals surface area contributed by atoms with Gasteiger partial charge < -0.3 is 19.9 Å². The Labute approximate surface area is 231 Å². The van der Waals surface area contributed by atoms with Crippen molar-refractivity contribution in [3.05, 3.63) is 86.8 Å². The molecule has 2 heterocycles. The lowest BCUT2D eigenvalue weighted by Crippen LogP contribution is -2.45. The standard InChI is InChI=1S/C32H40N2O5/c1-9-38-30(36)29-24(17-34(8)32(5,6)7)33-23-16-25(26-19(3)13-18(2)14-20(26)4)39-31(37)28(23)27(29)21-11-10-12-22(35)15-21/h10-15,25,27,33,35H,9,16-17H2,1-8H3. The molecule has 0 spiro atoms. The number of esters is 2. The maximum absolute atomic E-state index is 13.8. The molecule has 2 aliphatic rings. The van der Waals surface area contributed by atoms with Gasteiger partial charge in [0.25, 0.3) is 0 Å². The molecule has 0 bridgehead atoms. The van der Waals surface area contributed by atoms with E-state index in [1.165, 1.54) is 0 Å². The minimum atomic E-state index is -0.746. The van der Waals surface area contributed by atoms with Crippen LogP contribution in [0.2, 0.25) is 0 Å². The molecule has 7 nitrogen and oxygen atoms in total. The van der Waals surface area contributed by atoms with Crippen LogP contribution in [0.3, 0.4) is 0 Å². The van der Waals surface area contributed by atoms with Gasteiger partial charge in [0.2, 0.25) is 0 Å². The van der Waals surface area contributed by atoms with E-state index in [4.69, 9.17) is 9.47 Å². The second-order valence-corrected chi connectivity index (χ2v) is 11.6. The van der Waals surface area contributed by atoms with E-state index in [0.717, 1.165) is 28.0 Å². The zero-order valence-corrected chi connectivity index (χ0v) is 24.3. The fraction of sp³-hybridized carbons (Fsp3) is 0.438. The predicted octanol–water partition coefficient (Wildman–Crippen LogP) is 5.49. The first kappa shape index (κ1) is 28.4. The lowest BCUT2D eigenvalue weighted by Gasteiger charge is -2.40. The van der Waals surface area contributed by atoms with Crippen LogP contribution in [0.4, 0.5) is 0 Å². The average molecular weight is 533 g/mol.